The molecule has 2 aromatic carbocycles. The summed E-state index contributed by atoms with van der Waals surface area (Å²) >= 11 is 1.24. The van der Waals surface area contributed by atoms with E-state index in [0.29, 0.717) is 21.6 Å². The van der Waals surface area contributed by atoms with Gasteiger partial charge in [-0.3, -0.25) is 0 Å². The maximum Gasteiger partial charge on any atom is 0.339 e. The molecule has 3 aromatic rings. The quantitative estimate of drug-likeness (QED) is 0.729. The number of carboxylic acids is 1. The number of carbonyl (C=O) groups is 1. The summed E-state index contributed by atoms with van der Waals surface area (Å²) in [6, 6.07) is 11.6. The van der Waals surface area contributed by atoms with E-state index in [-0.39, 0.29) is 11.4 Å². The van der Waals surface area contributed by atoms with Gasteiger partial charge in [0.2, 0.25) is 0 Å². The van der Waals surface area contributed by atoms with Gasteiger partial charge in [-0.25, -0.2) is 9.18 Å². The van der Waals surface area contributed by atoms with Crippen molar-refractivity contribution in [2.45, 2.75) is 6.54 Å². The van der Waals surface area contributed by atoms with Gasteiger partial charge in [-0.15, -0.1) is 11.3 Å². The van der Waals surface area contributed by atoms with Crippen LogP contribution in [0.25, 0.3) is 10.1 Å². The number of benzene rings is 2. The summed E-state index contributed by atoms with van der Waals surface area (Å²) < 4.78 is 19.0. The standard InChI is InChI=1S/C17H14FNO3S/c1-22-12-5-2-10(3-6-12)9-19-16-15(17(20)21)13-7-4-11(18)8-14(13)23-16/h2-8,19H,9H2,1H3,(H,20,21). The number of hydrogen-bond acceptors (Lipinski definition) is 4. The molecule has 23 heavy (non-hydrogen) atoms. The highest BCUT2D eigenvalue weighted by atomic mass is 32.1. The number of hydrogen-bond donors (Lipinski definition) is 2. The summed E-state index contributed by atoms with van der Waals surface area (Å²) in [6.07, 6.45) is 0. The average molecular weight is 331 g/mol. The van der Waals surface area contributed by atoms with Crippen LogP contribution in [0.4, 0.5) is 9.39 Å². The van der Waals surface area contributed by atoms with Gasteiger partial charge in [-0.1, -0.05) is 12.1 Å². The van der Waals surface area contributed by atoms with Crippen molar-refractivity contribution in [3.8, 4) is 5.75 Å². The predicted octanol–water partition coefficient (Wildman–Crippen LogP) is 4.36. The third-order valence-electron chi connectivity index (χ3n) is 3.48. The van der Waals surface area contributed by atoms with Crippen molar-refractivity contribution in [3.05, 3.63) is 59.4 Å². The summed E-state index contributed by atoms with van der Waals surface area (Å²) in [5, 5.41) is 13.6. The maximum atomic E-state index is 13.3. The van der Waals surface area contributed by atoms with Crippen molar-refractivity contribution in [1.29, 1.82) is 0 Å². The SMILES string of the molecule is COc1ccc(CNc2sc3cc(F)ccc3c2C(=O)O)cc1. The van der Waals surface area contributed by atoms with E-state index in [4.69, 9.17) is 4.74 Å². The molecular formula is C17H14FNO3S. The third kappa shape index (κ3) is 3.12. The van der Waals surface area contributed by atoms with E-state index in [9.17, 15) is 14.3 Å². The van der Waals surface area contributed by atoms with Gasteiger partial charge in [0.25, 0.3) is 0 Å². The second-order valence-electron chi connectivity index (χ2n) is 4.95. The molecule has 6 heteroatoms. The average Bonchev–Trinajstić information content (AvgIpc) is 2.91. The van der Waals surface area contributed by atoms with Crippen LogP contribution in [0, 0.1) is 5.82 Å². The minimum Gasteiger partial charge on any atom is -0.497 e. The van der Waals surface area contributed by atoms with E-state index >= 15 is 0 Å². The normalized spacial score (nSPS) is 10.7. The van der Waals surface area contributed by atoms with Crippen molar-refractivity contribution in [2.24, 2.45) is 0 Å². The molecule has 0 aliphatic carbocycles. The smallest absolute Gasteiger partial charge is 0.339 e. The van der Waals surface area contributed by atoms with Crippen LogP contribution in [-0.2, 0) is 6.54 Å². The van der Waals surface area contributed by atoms with Crippen LogP contribution in [0.15, 0.2) is 42.5 Å². The van der Waals surface area contributed by atoms with Crippen LogP contribution in [-0.4, -0.2) is 18.2 Å². The highest BCUT2D eigenvalue weighted by molar-refractivity contribution is 7.23. The van der Waals surface area contributed by atoms with Crippen molar-refractivity contribution >= 4 is 32.4 Å². The van der Waals surface area contributed by atoms with E-state index in [1.807, 2.05) is 24.3 Å². The Hall–Kier alpha value is -2.60. The number of methoxy groups -OCH3 is 1. The largest absolute Gasteiger partial charge is 0.497 e. The Morgan fingerprint density at radius 2 is 2.00 bits per heavy atom. The minimum absolute atomic E-state index is 0.179. The fraction of sp³-hybridized carbons (Fsp3) is 0.118. The molecule has 1 heterocycles. The van der Waals surface area contributed by atoms with Crippen LogP contribution in [0.5, 0.6) is 5.75 Å². The molecule has 0 spiro atoms. The number of aromatic carboxylic acids is 1. The molecule has 3 rings (SSSR count). The number of halogens is 1. The fourth-order valence-electron chi connectivity index (χ4n) is 2.33. The van der Waals surface area contributed by atoms with Crippen molar-refractivity contribution in [3.63, 3.8) is 0 Å². The van der Waals surface area contributed by atoms with Gasteiger partial charge < -0.3 is 15.2 Å². The lowest BCUT2D eigenvalue weighted by atomic mass is 10.1. The van der Waals surface area contributed by atoms with Crippen LogP contribution in [0.2, 0.25) is 0 Å². The van der Waals surface area contributed by atoms with Crippen LogP contribution in [0.3, 0.4) is 0 Å². The van der Waals surface area contributed by atoms with Crippen LogP contribution >= 0.6 is 11.3 Å². The van der Waals surface area contributed by atoms with E-state index in [2.05, 4.69) is 5.32 Å². The first-order chi connectivity index (χ1) is 11.1. The third-order valence-corrected chi connectivity index (χ3v) is 4.59. The topological polar surface area (TPSA) is 58.6 Å². The summed E-state index contributed by atoms with van der Waals surface area (Å²) in [5.74, 6) is -0.644. The van der Waals surface area contributed by atoms with Crippen molar-refractivity contribution in [2.75, 3.05) is 12.4 Å². The molecule has 4 nitrogen and oxygen atoms in total. The summed E-state index contributed by atoms with van der Waals surface area (Å²) in [5.41, 5.74) is 1.17. The molecule has 0 atom stereocenters. The Kier molecular flexibility index (Phi) is 4.16. The molecule has 0 saturated heterocycles. The van der Waals surface area contributed by atoms with E-state index in [1.165, 1.54) is 29.5 Å². The first kappa shape index (κ1) is 15.3. The molecule has 118 valence electrons. The van der Waals surface area contributed by atoms with Gasteiger partial charge in [0.05, 0.1) is 7.11 Å². The van der Waals surface area contributed by atoms with Gasteiger partial charge >= 0.3 is 5.97 Å². The molecule has 2 N–H and O–H groups in total. The second kappa shape index (κ2) is 6.26. The fourth-order valence-corrected chi connectivity index (χ4v) is 3.45. The van der Waals surface area contributed by atoms with E-state index in [1.54, 1.807) is 7.11 Å². The molecule has 0 bridgehead atoms. The monoisotopic (exact) mass is 331 g/mol. The number of ether oxygens (including phenoxy) is 1. The molecule has 0 unspecified atom stereocenters. The lowest BCUT2D eigenvalue weighted by Crippen LogP contribution is -2.03. The summed E-state index contributed by atoms with van der Waals surface area (Å²) in [7, 11) is 1.60. The highest BCUT2D eigenvalue weighted by Crippen LogP contribution is 2.36. The molecule has 0 saturated carbocycles. The highest BCUT2D eigenvalue weighted by Gasteiger charge is 2.18. The minimum atomic E-state index is -1.03. The number of anilines is 1. The van der Waals surface area contributed by atoms with Crippen molar-refractivity contribution in [1.82, 2.24) is 0 Å². The number of fused-ring (bicyclic) bond motifs is 1. The predicted molar refractivity (Wildman–Crippen MR) is 89.1 cm³/mol. The number of rotatable bonds is 5. The van der Waals surface area contributed by atoms with E-state index < -0.39 is 5.97 Å². The molecule has 0 aliphatic rings. The zero-order valence-corrected chi connectivity index (χ0v) is 13.1. The number of nitrogens with one attached hydrogen (secondary N) is 1. The van der Waals surface area contributed by atoms with Crippen LogP contribution < -0.4 is 10.1 Å². The molecule has 0 radical (unpaired) electrons. The molecular weight excluding hydrogens is 317 g/mol. The van der Waals surface area contributed by atoms with Crippen LogP contribution in [0.1, 0.15) is 15.9 Å². The molecule has 1 aromatic heterocycles. The van der Waals surface area contributed by atoms with Crippen molar-refractivity contribution < 1.29 is 19.0 Å². The molecule has 0 aliphatic heterocycles. The maximum absolute atomic E-state index is 13.3. The Labute approximate surface area is 136 Å². The Bertz CT molecular complexity index is 858. The van der Waals surface area contributed by atoms with Gasteiger partial charge in [-0.2, -0.15) is 0 Å². The second-order valence-corrected chi connectivity index (χ2v) is 6.01. The van der Waals surface area contributed by atoms with Gasteiger partial charge in [-0.05, 0) is 35.9 Å². The number of carboxylic acid groups (broad SMARTS) is 1. The zero-order valence-electron chi connectivity index (χ0n) is 12.3. The Morgan fingerprint density at radius 3 is 2.65 bits per heavy atom. The summed E-state index contributed by atoms with van der Waals surface area (Å²) in [6.45, 7) is 0.472. The lowest BCUT2D eigenvalue weighted by Gasteiger charge is -2.06. The van der Waals surface area contributed by atoms with Gasteiger partial charge in [0.15, 0.2) is 0 Å². The van der Waals surface area contributed by atoms with E-state index in [0.717, 1.165) is 11.3 Å². The van der Waals surface area contributed by atoms with Gasteiger partial charge in [0.1, 0.15) is 22.1 Å². The Morgan fingerprint density at radius 1 is 1.26 bits per heavy atom. The number of thiophene rings is 1. The molecule has 0 fully saturated rings. The zero-order chi connectivity index (χ0) is 16.4. The molecule has 0 amide bonds. The van der Waals surface area contributed by atoms with Gasteiger partial charge in [0, 0.05) is 16.6 Å². The first-order valence-electron chi connectivity index (χ1n) is 6.90. The Balaban J connectivity index is 1.89. The summed E-state index contributed by atoms with van der Waals surface area (Å²) in [4.78, 5) is 11.5. The first-order valence-corrected chi connectivity index (χ1v) is 7.72. The lowest BCUT2D eigenvalue weighted by molar-refractivity contribution is 0.0700.